The maximum atomic E-state index is 12.1. The average molecular weight is 305 g/mol. The van der Waals surface area contributed by atoms with Gasteiger partial charge in [-0.05, 0) is 6.92 Å². The van der Waals surface area contributed by atoms with E-state index in [1.54, 1.807) is 23.1 Å². The van der Waals surface area contributed by atoms with Crippen molar-refractivity contribution in [3.63, 3.8) is 0 Å². The Morgan fingerprint density at radius 1 is 1.14 bits per heavy atom. The number of imide groups is 1. The summed E-state index contributed by atoms with van der Waals surface area (Å²) in [5.41, 5.74) is 1.82. The summed E-state index contributed by atoms with van der Waals surface area (Å²) < 4.78 is 2.84. The van der Waals surface area contributed by atoms with Crippen LogP contribution in [0.25, 0.3) is 10.3 Å². The molecule has 2 aliphatic heterocycles. The van der Waals surface area contributed by atoms with Crippen molar-refractivity contribution in [2.24, 2.45) is 18.9 Å². The van der Waals surface area contributed by atoms with E-state index in [1.807, 2.05) is 14.0 Å². The number of aryl methyl sites for hydroxylation is 2. The molecule has 7 nitrogen and oxygen atoms in total. The van der Waals surface area contributed by atoms with Crippen molar-refractivity contribution < 1.29 is 9.59 Å². The molecule has 0 aliphatic carbocycles. The van der Waals surface area contributed by atoms with Crippen LogP contribution in [0.4, 0.5) is 5.13 Å². The molecular weight excluding hydrogens is 290 g/mol. The van der Waals surface area contributed by atoms with E-state index < -0.39 is 0 Å². The van der Waals surface area contributed by atoms with Gasteiger partial charge < -0.3 is 4.90 Å². The minimum atomic E-state index is -0.214. The molecule has 2 aromatic rings. The van der Waals surface area contributed by atoms with Crippen LogP contribution in [-0.2, 0) is 16.6 Å². The fraction of sp³-hybridized carbons (Fsp3) is 0.538. The SMILES string of the molecule is Cc1nn(C)c2nc(N3C[C@@H]4C(=O)N(C)C(=O)[C@@H]4C3)sc12. The maximum absolute atomic E-state index is 12.1. The second kappa shape index (κ2) is 4.03. The lowest BCUT2D eigenvalue weighted by atomic mass is 10.00. The minimum absolute atomic E-state index is 0.0635. The van der Waals surface area contributed by atoms with Crippen LogP contribution in [0.5, 0.6) is 0 Å². The number of carbonyl (C=O) groups is 2. The van der Waals surface area contributed by atoms with Gasteiger partial charge in [0.25, 0.3) is 0 Å². The standard InChI is InChI=1S/C13H15N5O2S/c1-6-9-10(17(3)15-6)14-13(21-9)18-4-7-8(5-18)12(20)16(2)11(7)19/h7-8H,4-5H2,1-3H3/t7-,8+. The summed E-state index contributed by atoms with van der Waals surface area (Å²) in [5.74, 6) is -0.555. The normalized spacial score (nSPS) is 25.5. The summed E-state index contributed by atoms with van der Waals surface area (Å²) in [6.07, 6.45) is 0. The summed E-state index contributed by atoms with van der Waals surface area (Å²) in [5, 5.41) is 5.21. The van der Waals surface area contributed by atoms with Crippen LogP contribution in [0.15, 0.2) is 0 Å². The molecule has 21 heavy (non-hydrogen) atoms. The zero-order chi connectivity index (χ0) is 14.9. The van der Waals surface area contributed by atoms with Gasteiger partial charge in [0.15, 0.2) is 10.8 Å². The molecule has 0 aromatic carbocycles. The number of anilines is 1. The molecular formula is C13H15N5O2S. The third-order valence-electron chi connectivity index (χ3n) is 4.42. The van der Waals surface area contributed by atoms with Crippen LogP contribution >= 0.6 is 11.3 Å². The Kier molecular flexibility index (Phi) is 2.45. The van der Waals surface area contributed by atoms with Crippen molar-refractivity contribution in [2.75, 3.05) is 25.0 Å². The van der Waals surface area contributed by atoms with Gasteiger partial charge in [-0.25, -0.2) is 9.67 Å². The van der Waals surface area contributed by atoms with Gasteiger partial charge in [-0.1, -0.05) is 11.3 Å². The highest BCUT2D eigenvalue weighted by molar-refractivity contribution is 7.22. The highest BCUT2D eigenvalue weighted by Gasteiger charge is 2.51. The Hall–Kier alpha value is -1.96. The molecule has 2 aromatic heterocycles. The van der Waals surface area contributed by atoms with Crippen LogP contribution in [-0.4, -0.2) is 51.6 Å². The number of rotatable bonds is 1. The van der Waals surface area contributed by atoms with E-state index in [0.29, 0.717) is 13.1 Å². The highest BCUT2D eigenvalue weighted by Crippen LogP contribution is 2.38. The maximum Gasteiger partial charge on any atom is 0.234 e. The predicted molar refractivity (Wildman–Crippen MR) is 78.1 cm³/mol. The number of fused-ring (bicyclic) bond motifs is 2. The molecule has 0 unspecified atom stereocenters. The summed E-state index contributed by atoms with van der Waals surface area (Å²) in [6, 6.07) is 0. The Morgan fingerprint density at radius 3 is 2.33 bits per heavy atom. The van der Waals surface area contributed by atoms with E-state index in [4.69, 9.17) is 0 Å². The van der Waals surface area contributed by atoms with Gasteiger partial charge in [0.1, 0.15) is 0 Å². The van der Waals surface area contributed by atoms with E-state index in [1.165, 1.54) is 4.90 Å². The van der Waals surface area contributed by atoms with Gasteiger partial charge in [0.05, 0.1) is 22.2 Å². The van der Waals surface area contributed by atoms with E-state index in [-0.39, 0.29) is 23.7 Å². The second-order valence-corrected chi connectivity index (χ2v) is 6.69. The molecule has 2 amide bonds. The Morgan fingerprint density at radius 2 is 1.76 bits per heavy atom. The zero-order valence-electron chi connectivity index (χ0n) is 12.0. The molecule has 0 bridgehead atoms. The number of likely N-dealkylation sites (tertiary alicyclic amines) is 1. The van der Waals surface area contributed by atoms with Gasteiger partial charge >= 0.3 is 0 Å². The fourth-order valence-electron chi connectivity index (χ4n) is 3.28. The zero-order valence-corrected chi connectivity index (χ0v) is 12.8. The first kappa shape index (κ1) is 12.8. The highest BCUT2D eigenvalue weighted by atomic mass is 32.1. The van der Waals surface area contributed by atoms with Crippen LogP contribution < -0.4 is 4.90 Å². The molecule has 2 fully saturated rings. The summed E-state index contributed by atoms with van der Waals surface area (Å²) in [6.45, 7) is 3.11. The summed E-state index contributed by atoms with van der Waals surface area (Å²) in [4.78, 5) is 32.0. The van der Waals surface area contributed by atoms with Gasteiger partial charge in [0.2, 0.25) is 11.8 Å². The molecule has 2 saturated heterocycles. The van der Waals surface area contributed by atoms with Crippen LogP contribution in [0.1, 0.15) is 5.69 Å². The van der Waals surface area contributed by atoms with Crippen molar-refractivity contribution in [2.45, 2.75) is 6.92 Å². The predicted octanol–water partition coefficient (Wildman–Crippen LogP) is 0.389. The molecule has 0 spiro atoms. The number of hydrogen-bond donors (Lipinski definition) is 0. The lowest BCUT2D eigenvalue weighted by Gasteiger charge is -2.17. The number of carbonyl (C=O) groups excluding carboxylic acids is 2. The number of thiazole rings is 1. The van der Waals surface area contributed by atoms with Crippen molar-refractivity contribution in [1.29, 1.82) is 0 Å². The number of nitrogens with zero attached hydrogens (tertiary/aromatic N) is 5. The molecule has 4 rings (SSSR count). The Labute approximate surface area is 125 Å². The van der Waals surface area contributed by atoms with Gasteiger partial charge in [-0.15, -0.1) is 0 Å². The van der Waals surface area contributed by atoms with Crippen LogP contribution in [0.2, 0.25) is 0 Å². The van der Waals surface area contributed by atoms with E-state index in [0.717, 1.165) is 21.2 Å². The topological polar surface area (TPSA) is 71.3 Å². The molecule has 110 valence electrons. The van der Waals surface area contributed by atoms with E-state index in [2.05, 4.69) is 15.0 Å². The number of hydrogen-bond acceptors (Lipinski definition) is 6. The monoisotopic (exact) mass is 305 g/mol. The van der Waals surface area contributed by atoms with Crippen LogP contribution in [0.3, 0.4) is 0 Å². The van der Waals surface area contributed by atoms with Gasteiger partial charge in [0, 0.05) is 27.2 Å². The molecule has 0 saturated carbocycles. The quantitative estimate of drug-likeness (QED) is 0.713. The van der Waals surface area contributed by atoms with Crippen molar-refractivity contribution in [3.8, 4) is 0 Å². The van der Waals surface area contributed by atoms with Gasteiger partial charge in [-0.2, -0.15) is 5.10 Å². The lowest BCUT2D eigenvalue weighted by molar-refractivity contribution is -0.138. The lowest BCUT2D eigenvalue weighted by Crippen LogP contribution is -2.33. The number of amides is 2. The Bertz CT molecular complexity index is 720. The number of aromatic nitrogens is 3. The first-order chi connectivity index (χ1) is 9.97. The third kappa shape index (κ3) is 1.59. The van der Waals surface area contributed by atoms with E-state index >= 15 is 0 Å². The minimum Gasteiger partial charge on any atom is -0.346 e. The van der Waals surface area contributed by atoms with Crippen LogP contribution in [0, 0.1) is 18.8 Å². The second-order valence-electron chi connectivity index (χ2n) is 5.71. The summed E-state index contributed by atoms with van der Waals surface area (Å²) in [7, 11) is 3.44. The van der Waals surface area contributed by atoms with Crippen molar-refractivity contribution in [1.82, 2.24) is 19.7 Å². The smallest absolute Gasteiger partial charge is 0.234 e. The third-order valence-corrected chi connectivity index (χ3v) is 5.63. The first-order valence-electron chi connectivity index (χ1n) is 6.84. The van der Waals surface area contributed by atoms with Gasteiger partial charge in [-0.3, -0.25) is 14.5 Å². The fourth-order valence-corrected chi connectivity index (χ4v) is 4.33. The largest absolute Gasteiger partial charge is 0.346 e. The summed E-state index contributed by atoms with van der Waals surface area (Å²) >= 11 is 1.58. The molecule has 0 N–H and O–H groups in total. The van der Waals surface area contributed by atoms with Crippen molar-refractivity contribution in [3.05, 3.63) is 5.69 Å². The molecule has 0 radical (unpaired) electrons. The average Bonchev–Trinajstić information content (AvgIpc) is 3.15. The van der Waals surface area contributed by atoms with E-state index in [9.17, 15) is 9.59 Å². The first-order valence-corrected chi connectivity index (χ1v) is 7.65. The Balaban J connectivity index is 1.68. The molecule has 8 heteroatoms. The molecule has 2 aliphatic rings. The molecule has 2 atom stereocenters. The van der Waals surface area contributed by atoms with Crippen molar-refractivity contribution >= 4 is 38.6 Å². The molecule has 4 heterocycles.